The normalized spacial score (nSPS) is 53.4. The lowest BCUT2D eigenvalue weighted by atomic mass is 9.63. The van der Waals surface area contributed by atoms with Gasteiger partial charge in [0.15, 0.2) is 0 Å². The molecule has 0 heterocycles. The highest BCUT2D eigenvalue weighted by Gasteiger charge is 2.42. The van der Waals surface area contributed by atoms with Gasteiger partial charge in [-0.2, -0.15) is 0 Å². The molecule has 1 N–H and O–H groups in total. The van der Waals surface area contributed by atoms with E-state index in [1.165, 1.54) is 25.7 Å². The Labute approximate surface area is 62.4 Å². The van der Waals surface area contributed by atoms with Crippen LogP contribution in [-0.4, -0.2) is 10.7 Å². The molecule has 0 aliphatic heterocycles. The third-order valence-corrected chi connectivity index (χ3v) is 3.43. The van der Waals surface area contributed by atoms with Gasteiger partial charge in [-0.25, -0.2) is 0 Å². The minimum atomic E-state index is -0.304. The summed E-state index contributed by atoms with van der Waals surface area (Å²) in [6.45, 7) is 2.02. The second-order valence-corrected chi connectivity index (χ2v) is 4.28. The van der Waals surface area contributed by atoms with Crippen LogP contribution in [0.1, 0.15) is 39.0 Å². The third-order valence-electron chi connectivity index (χ3n) is 3.43. The second kappa shape index (κ2) is 1.97. The highest BCUT2D eigenvalue weighted by molar-refractivity contribution is 4.94. The van der Waals surface area contributed by atoms with E-state index in [1.807, 2.05) is 6.92 Å². The van der Waals surface area contributed by atoms with Gasteiger partial charge in [-0.05, 0) is 50.9 Å². The predicted molar refractivity (Wildman–Crippen MR) is 40.7 cm³/mol. The zero-order valence-corrected chi connectivity index (χ0v) is 6.64. The van der Waals surface area contributed by atoms with Crippen molar-refractivity contribution in [3.05, 3.63) is 0 Å². The Morgan fingerprint density at radius 1 is 1.20 bits per heavy atom. The van der Waals surface area contributed by atoms with Crippen LogP contribution in [0.25, 0.3) is 0 Å². The van der Waals surface area contributed by atoms with E-state index in [2.05, 4.69) is 0 Å². The zero-order valence-electron chi connectivity index (χ0n) is 6.64. The molecule has 1 atom stereocenters. The maximum Gasteiger partial charge on any atom is 0.0650 e. The number of fused-ring (bicyclic) bond motifs is 3. The fourth-order valence-corrected chi connectivity index (χ4v) is 2.74. The monoisotopic (exact) mass is 140 g/mol. The van der Waals surface area contributed by atoms with Crippen LogP contribution in [0.3, 0.4) is 0 Å². The van der Waals surface area contributed by atoms with Gasteiger partial charge in [-0.15, -0.1) is 0 Å². The van der Waals surface area contributed by atoms with Crippen LogP contribution in [-0.2, 0) is 0 Å². The maximum atomic E-state index is 9.86. The Morgan fingerprint density at radius 3 is 2.00 bits per heavy atom. The average molecular weight is 140 g/mol. The van der Waals surface area contributed by atoms with Crippen molar-refractivity contribution in [1.82, 2.24) is 0 Å². The van der Waals surface area contributed by atoms with Crippen LogP contribution < -0.4 is 0 Å². The molecule has 0 amide bonds. The van der Waals surface area contributed by atoms with Crippen LogP contribution in [0.5, 0.6) is 0 Å². The molecular formula is C9H16O. The van der Waals surface area contributed by atoms with Gasteiger partial charge in [0.1, 0.15) is 0 Å². The lowest BCUT2D eigenvalue weighted by Crippen LogP contribution is -2.44. The summed E-state index contributed by atoms with van der Waals surface area (Å²) in [5.41, 5.74) is -0.304. The first-order valence-electron chi connectivity index (χ1n) is 4.41. The first-order valence-corrected chi connectivity index (χ1v) is 4.41. The van der Waals surface area contributed by atoms with Crippen LogP contribution in [0.2, 0.25) is 0 Å². The average Bonchev–Trinajstić information content (AvgIpc) is 1.87. The Hall–Kier alpha value is -0.0400. The highest BCUT2D eigenvalue weighted by Crippen LogP contribution is 2.46. The quantitative estimate of drug-likeness (QED) is 0.545. The smallest absolute Gasteiger partial charge is 0.0650 e. The summed E-state index contributed by atoms with van der Waals surface area (Å²) in [6, 6.07) is 0. The van der Waals surface area contributed by atoms with Gasteiger partial charge in [0, 0.05) is 0 Å². The van der Waals surface area contributed by atoms with E-state index in [1.54, 1.807) is 0 Å². The number of hydrogen-bond acceptors (Lipinski definition) is 1. The van der Waals surface area contributed by atoms with E-state index in [9.17, 15) is 5.11 Å². The Morgan fingerprint density at radius 2 is 1.80 bits per heavy atom. The minimum absolute atomic E-state index is 0.304. The van der Waals surface area contributed by atoms with Crippen molar-refractivity contribution in [2.24, 2.45) is 11.8 Å². The number of hydrogen-bond donors (Lipinski definition) is 1. The van der Waals surface area contributed by atoms with Gasteiger partial charge in [-0.3, -0.25) is 0 Å². The van der Waals surface area contributed by atoms with Gasteiger partial charge in [0.05, 0.1) is 5.60 Å². The highest BCUT2D eigenvalue weighted by atomic mass is 16.3. The van der Waals surface area contributed by atoms with Gasteiger partial charge >= 0.3 is 0 Å². The number of aliphatic hydroxyl groups is 1. The van der Waals surface area contributed by atoms with Crippen molar-refractivity contribution in [3.63, 3.8) is 0 Å². The zero-order chi connectivity index (χ0) is 7.19. The Bertz CT molecular complexity index is 132. The fraction of sp³-hybridized carbons (Fsp3) is 1.00. The molecule has 1 heteroatoms. The van der Waals surface area contributed by atoms with E-state index < -0.39 is 0 Å². The lowest BCUT2D eigenvalue weighted by molar-refractivity contribution is -0.0828. The molecule has 1 unspecified atom stereocenters. The molecule has 58 valence electrons. The molecule has 0 saturated heterocycles. The summed E-state index contributed by atoms with van der Waals surface area (Å²) in [7, 11) is 0. The largest absolute Gasteiger partial charge is 0.390 e. The molecule has 0 radical (unpaired) electrons. The molecule has 1 nitrogen and oxygen atoms in total. The van der Waals surface area contributed by atoms with Crippen LogP contribution in [0.15, 0.2) is 0 Å². The van der Waals surface area contributed by atoms with Crippen LogP contribution in [0.4, 0.5) is 0 Å². The molecule has 2 bridgehead atoms. The lowest BCUT2D eigenvalue weighted by Gasteiger charge is -2.46. The van der Waals surface area contributed by atoms with E-state index in [-0.39, 0.29) is 5.60 Å². The predicted octanol–water partition coefficient (Wildman–Crippen LogP) is 1.95. The first kappa shape index (κ1) is 6.66. The Balaban J connectivity index is 2.15. The SMILES string of the molecule is CC1(O)CC2CCC1CC2. The van der Waals surface area contributed by atoms with E-state index in [0.717, 1.165) is 12.3 Å². The fourth-order valence-electron chi connectivity index (χ4n) is 2.74. The van der Waals surface area contributed by atoms with Crippen molar-refractivity contribution >= 4 is 0 Å². The minimum Gasteiger partial charge on any atom is -0.390 e. The molecule has 3 saturated carbocycles. The summed E-state index contributed by atoms with van der Waals surface area (Å²) in [5, 5.41) is 9.86. The van der Waals surface area contributed by atoms with Gasteiger partial charge < -0.3 is 5.11 Å². The van der Waals surface area contributed by atoms with E-state index in [0.29, 0.717) is 5.92 Å². The maximum absolute atomic E-state index is 9.86. The summed E-state index contributed by atoms with van der Waals surface area (Å²) in [4.78, 5) is 0. The first-order chi connectivity index (χ1) is 4.68. The van der Waals surface area contributed by atoms with Crippen molar-refractivity contribution in [1.29, 1.82) is 0 Å². The molecule has 0 aromatic heterocycles. The molecule has 3 aliphatic rings. The summed E-state index contributed by atoms with van der Waals surface area (Å²) in [5.74, 6) is 1.47. The molecule has 0 aromatic carbocycles. The summed E-state index contributed by atoms with van der Waals surface area (Å²) >= 11 is 0. The molecule has 3 rings (SSSR count). The summed E-state index contributed by atoms with van der Waals surface area (Å²) < 4.78 is 0. The molecule has 10 heavy (non-hydrogen) atoms. The van der Waals surface area contributed by atoms with Gasteiger partial charge in [-0.1, -0.05) is 0 Å². The van der Waals surface area contributed by atoms with E-state index >= 15 is 0 Å². The standard InChI is InChI=1S/C9H16O/c1-9(10)6-7-2-4-8(9)5-3-7/h7-8,10H,2-6H2,1H3. The Kier molecular flexibility index (Phi) is 1.31. The van der Waals surface area contributed by atoms with Crippen molar-refractivity contribution in [2.45, 2.75) is 44.6 Å². The van der Waals surface area contributed by atoms with Gasteiger partial charge in [0.25, 0.3) is 0 Å². The molecule has 0 spiro atoms. The third kappa shape index (κ3) is 0.878. The molecule has 3 aliphatic carbocycles. The van der Waals surface area contributed by atoms with Gasteiger partial charge in [0.2, 0.25) is 0 Å². The molecule has 3 fully saturated rings. The molecular weight excluding hydrogens is 124 g/mol. The second-order valence-electron chi connectivity index (χ2n) is 4.28. The van der Waals surface area contributed by atoms with Crippen LogP contribution >= 0.6 is 0 Å². The topological polar surface area (TPSA) is 20.2 Å². The van der Waals surface area contributed by atoms with Crippen LogP contribution in [0, 0.1) is 11.8 Å². The number of rotatable bonds is 0. The van der Waals surface area contributed by atoms with Crippen molar-refractivity contribution in [2.75, 3.05) is 0 Å². The molecule has 0 aromatic rings. The summed E-state index contributed by atoms with van der Waals surface area (Å²) in [6.07, 6.45) is 6.37. The van der Waals surface area contributed by atoms with Crippen molar-refractivity contribution in [3.8, 4) is 0 Å². The van der Waals surface area contributed by atoms with E-state index in [4.69, 9.17) is 0 Å². The van der Waals surface area contributed by atoms with Crippen molar-refractivity contribution < 1.29 is 5.11 Å².